The number of nitrogens with one attached hydrogen (secondary N) is 1. The first-order valence-corrected chi connectivity index (χ1v) is 10.8. The highest BCUT2D eigenvalue weighted by atomic mass is 32.2. The zero-order chi connectivity index (χ0) is 25.6. The van der Waals surface area contributed by atoms with E-state index in [0.29, 0.717) is 16.6 Å². The molecule has 158 valence electrons. The Balaban J connectivity index is 1.77. The minimum atomic E-state index is -3.80. The Morgan fingerprint density at radius 1 is 1.23 bits per heavy atom. The number of carbonyl (C=O) groups excluding carboxylic acids is 1. The second-order valence-corrected chi connectivity index (χ2v) is 8.60. The highest BCUT2D eigenvalue weighted by Crippen LogP contribution is 2.22. The lowest BCUT2D eigenvalue weighted by Crippen LogP contribution is -2.27. The smallest absolute Gasteiger partial charge is 0.254 e. The fraction of sp³-hybridized carbons (Fsp3) is 0.143. The van der Waals surface area contributed by atoms with Crippen LogP contribution in [0.2, 0.25) is 0 Å². The topological polar surface area (TPSA) is 107 Å². The number of hydrogen-bond donors (Lipinski definition) is 1. The van der Waals surface area contributed by atoms with Crippen molar-refractivity contribution < 1.29 is 23.1 Å². The molecule has 3 aromatic heterocycles. The number of benzene rings is 1. The van der Waals surface area contributed by atoms with E-state index in [1.165, 1.54) is 47.5 Å². The maximum absolute atomic E-state index is 13.3. The number of amides is 1. The molecule has 0 aliphatic rings. The molecule has 1 N–H and O–H groups in total. The molecule has 0 fully saturated rings. The summed E-state index contributed by atoms with van der Waals surface area (Å²) < 4.78 is 70.9. The maximum Gasteiger partial charge on any atom is 0.254 e. The Morgan fingerprint density at radius 3 is 2.71 bits per heavy atom. The van der Waals surface area contributed by atoms with Crippen molar-refractivity contribution in [3.63, 3.8) is 0 Å². The monoisotopic (exact) mass is 443 g/mol. The van der Waals surface area contributed by atoms with E-state index in [9.17, 15) is 17.6 Å². The molecular weight excluding hydrogens is 421 g/mol. The number of halogens is 1. The number of hydrogen-bond acceptors (Lipinski definition) is 6. The van der Waals surface area contributed by atoms with Gasteiger partial charge in [0, 0.05) is 28.1 Å². The van der Waals surface area contributed by atoms with Gasteiger partial charge in [0.25, 0.3) is 5.91 Å². The fourth-order valence-corrected chi connectivity index (χ4v) is 3.52. The van der Waals surface area contributed by atoms with E-state index in [2.05, 4.69) is 20.4 Å². The molecule has 0 aliphatic carbocycles. The van der Waals surface area contributed by atoms with Crippen molar-refractivity contribution in [3.05, 3.63) is 78.1 Å². The van der Waals surface area contributed by atoms with Gasteiger partial charge in [-0.2, -0.15) is 5.10 Å². The van der Waals surface area contributed by atoms with Crippen molar-refractivity contribution >= 4 is 26.6 Å². The molecule has 1 aromatic carbocycles. The van der Waals surface area contributed by atoms with Crippen molar-refractivity contribution in [2.45, 2.75) is 17.9 Å². The van der Waals surface area contributed by atoms with Gasteiger partial charge < -0.3 is 5.32 Å². The first-order chi connectivity index (χ1) is 16.3. The summed E-state index contributed by atoms with van der Waals surface area (Å²) in [6.07, 6.45) is 5.94. The molecule has 4 aromatic rings. The number of fused-ring (bicyclic) bond motifs is 1. The summed E-state index contributed by atoms with van der Waals surface area (Å²) in [5, 5.41) is 6.30. The van der Waals surface area contributed by atoms with Crippen LogP contribution in [-0.4, -0.2) is 40.3 Å². The second-order valence-electron chi connectivity index (χ2n) is 6.64. The first kappa shape index (κ1) is 16.1. The molecule has 4 rings (SSSR count). The molecule has 1 atom stereocenters. The van der Waals surface area contributed by atoms with Crippen LogP contribution >= 0.6 is 0 Å². The van der Waals surface area contributed by atoms with E-state index in [0.717, 1.165) is 24.6 Å². The average Bonchev–Trinajstić information content (AvgIpc) is 3.22. The van der Waals surface area contributed by atoms with Gasteiger partial charge in [-0.3, -0.25) is 9.78 Å². The van der Waals surface area contributed by atoms with E-state index in [-0.39, 0.29) is 11.1 Å². The second kappa shape index (κ2) is 7.88. The van der Waals surface area contributed by atoms with Crippen LogP contribution in [0, 0.1) is 5.82 Å². The fourth-order valence-electron chi connectivity index (χ4n) is 2.93. The third-order valence-corrected chi connectivity index (χ3v) is 5.44. The van der Waals surface area contributed by atoms with E-state index in [4.69, 9.17) is 5.48 Å². The van der Waals surface area contributed by atoms with Crippen LogP contribution in [0.15, 0.2) is 66.2 Å². The molecular formula is C21H18FN5O3S. The van der Waals surface area contributed by atoms with Crippen LogP contribution in [0.3, 0.4) is 0 Å². The number of aromatic nitrogens is 4. The van der Waals surface area contributed by atoms with Gasteiger partial charge in [0.05, 0.1) is 36.5 Å². The summed E-state index contributed by atoms with van der Waals surface area (Å²) in [4.78, 5) is 21.0. The highest BCUT2D eigenvalue weighted by molar-refractivity contribution is 7.90. The van der Waals surface area contributed by atoms with Gasteiger partial charge in [0.1, 0.15) is 5.82 Å². The molecule has 3 heterocycles. The summed E-state index contributed by atoms with van der Waals surface area (Å²) in [6.45, 7) is -3.08. The Kier molecular flexibility index (Phi) is 4.09. The summed E-state index contributed by atoms with van der Waals surface area (Å²) in [6, 6.07) is 4.86. The summed E-state index contributed by atoms with van der Waals surface area (Å²) in [5.41, 5.74) is 0.540. The molecule has 1 amide bonds. The lowest BCUT2D eigenvalue weighted by atomic mass is 10.1. The highest BCUT2D eigenvalue weighted by Gasteiger charge is 2.18. The Hall–Kier alpha value is -3.66. The zero-order valence-corrected chi connectivity index (χ0v) is 16.9. The third kappa shape index (κ3) is 4.15. The summed E-state index contributed by atoms with van der Waals surface area (Å²) >= 11 is 0. The third-order valence-electron chi connectivity index (χ3n) is 4.45. The minimum Gasteiger partial charge on any atom is -0.345 e. The minimum absolute atomic E-state index is 0.0610. The van der Waals surface area contributed by atoms with Crippen LogP contribution in [0.1, 0.15) is 34.3 Å². The van der Waals surface area contributed by atoms with Crippen LogP contribution in [0.25, 0.3) is 16.6 Å². The first-order valence-electron chi connectivity index (χ1n) is 10.9. The van der Waals surface area contributed by atoms with Crippen molar-refractivity contribution in [2.24, 2.45) is 0 Å². The molecule has 0 saturated carbocycles. The lowest BCUT2D eigenvalue weighted by molar-refractivity contribution is 0.0941. The van der Waals surface area contributed by atoms with Gasteiger partial charge in [0.2, 0.25) is 0 Å². The SMILES string of the molecule is [2H]C([2H])([2H])[C@]([2H])(NC(=O)c1cncc2c1cnn2-c1ccc(F)cc1)c1ccnc(S(C)(=O)=O)c1. The number of sulfone groups is 1. The van der Waals surface area contributed by atoms with E-state index in [1.54, 1.807) is 0 Å². The largest absolute Gasteiger partial charge is 0.345 e. The van der Waals surface area contributed by atoms with Gasteiger partial charge >= 0.3 is 0 Å². The van der Waals surface area contributed by atoms with E-state index >= 15 is 0 Å². The van der Waals surface area contributed by atoms with Crippen LogP contribution in [-0.2, 0) is 9.84 Å². The van der Waals surface area contributed by atoms with E-state index in [1.807, 2.05) is 0 Å². The quantitative estimate of drug-likeness (QED) is 0.508. The maximum atomic E-state index is 13.3. The zero-order valence-electron chi connectivity index (χ0n) is 20.1. The molecule has 8 nitrogen and oxygen atoms in total. The molecule has 0 spiro atoms. The van der Waals surface area contributed by atoms with Crippen molar-refractivity contribution in [3.8, 4) is 5.69 Å². The number of nitrogens with zero attached hydrogens (tertiary/aromatic N) is 4. The van der Waals surface area contributed by atoms with Crippen LogP contribution in [0.4, 0.5) is 4.39 Å². The van der Waals surface area contributed by atoms with Crippen molar-refractivity contribution in [2.75, 3.05) is 6.26 Å². The number of carbonyl (C=O) groups is 1. The molecule has 0 unspecified atom stereocenters. The normalized spacial score (nSPS) is 15.9. The van der Waals surface area contributed by atoms with Crippen molar-refractivity contribution in [1.29, 1.82) is 0 Å². The standard InChI is InChI=1S/C21H18FN5O3S/c1-13(14-7-8-24-20(9-14)31(2,29)30)26-21(28)18-10-23-12-19-17(18)11-25-27(19)16-5-3-15(22)4-6-16/h3-13H,1-2H3,(H,26,28)/t13-/m0/s1/i1D3,13D. The molecule has 0 aliphatic heterocycles. The van der Waals surface area contributed by atoms with Crippen LogP contribution in [0.5, 0.6) is 0 Å². The Labute approximate surface area is 183 Å². The van der Waals surface area contributed by atoms with Gasteiger partial charge in [0.15, 0.2) is 14.9 Å². The predicted molar refractivity (Wildman–Crippen MR) is 112 cm³/mol. The van der Waals surface area contributed by atoms with Gasteiger partial charge in [-0.1, -0.05) is 0 Å². The van der Waals surface area contributed by atoms with Crippen LogP contribution < -0.4 is 5.32 Å². The molecule has 0 bridgehead atoms. The van der Waals surface area contributed by atoms with Gasteiger partial charge in [-0.05, 0) is 48.8 Å². The Bertz CT molecular complexity index is 1540. The van der Waals surface area contributed by atoms with Crippen molar-refractivity contribution in [1.82, 2.24) is 25.1 Å². The molecule has 0 radical (unpaired) electrons. The Morgan fingerprint density at radius 2 is 2.00 bits per heavy atom. The van der Waals surface area contributed by atoms with Gasteiger partial charge in [-0.25, -0.2) is 22.5 Å². The summed E-state index contributed by atoms with van der Waals surface area (Å²) in [5.74, 6) is -1.37. The summed E-state index contributed by atoms with van der Waals surface area (Å²) in [7, 11) is -3.80. The average molecular weight is 443 g/mol. The van der Waals surface area contributed by atoms with Gasteiger partial charge in [-0.15, -0.1) is 0 Å². The molecule has 0 saturated heterocycles. The lowest BCUT2D eigenvalue weighted by Gasteiger charge is -2.15. The number of pyridine rings is 2. The number of rotatable bonds is 5. The van der Waals surface area contributed by atoms with E-state index < -0.39 is 39.5 Å². The molecule has 10 heteroatoms. The predicted octanol–water partition coefficient (Wildman–Crippen LogP) is 2.85. The molecule has 31 heavy (non-hydrogen) atoms.